The molecule has 1 aromatic heterocycles. The van der Waals surface area contributed by atoms with Crippen LogP contribution >= 0.6 is 0 Å². The topological polar surface area (TPSA) is 105 Å². The molecule has 1 unspecified atom stereocenters. The Hall–Kier alpha value is -2.44. The van der Waals surface area contributed by atoms with Gasteiger partial charge in [-0.3, -0.25) is 4.79 Å². The van der Waals surface area contributed by atoms with E-state index in [1.165, 1.54) is 17.5 Å². The van der Waals surface area contributed by atoms with Crippen LogP contribution in [0.25, 0.3) is 0 Å². The van der Waals surface area contributed by atoms with Crippen LogP contribution in [0, 0.1) is 5.92 Å². The van der Waals surface area contributed by atoms with Crippen molar-refractivity contribution in [3.05, 3.63) is 54.1 Å². The molecule has 0 radical (unpaired) electrons. The molecule has 2 heterocycles. The number of aryl methyl sites for hydroxylation is 1. The molecule has 2 aromatic rings. The molecule has 8 nitrogen and oxygen atoms in total. The molecule has 1 fully saturated rings. The van der Waals surface area contributed by atoms with E-state index in [1.54, 1.807) is 30.3 Å². The first-order chi connectivity index (χ1) is 15.4. The standard InChI is InChI=1S/C21H27F3N4O4S/c1-27-14-11-26-19(27)20(30,21(22,23)24)9-10-25-18(29)17-7-12-28(13-8-17)33(31,32)15-16-5-3-2-4-6-16/h2-6,11,14,17,30H,7-10,12-13,15H2,1H3,(H,25,29). The summed E-state index contributed by atoms with van der Waals surface area (Å²) in [7, 11) is -2.19. The number of halogens is 3. The van der Waals surface area contributed by atoms with Gasteiger partial charge in [0.25, 0.3) is 0 Å². The average molecular weight is 489 g/mol. The molecular weight excluding hydrogens is 461 g/mol. The minimum Gasteiger partial charge on any atom is -0.374 e. The minimum absolute atomic E-state index is 0.131. The number of nitrogens with one attached hydrogen (secondary N) is 1. The van der Waals surface area contributed by atoms with Crippen LogP contribution in [-0.4, -0.2) is 59.1 Å². The maximum Gasteiger partial charge on any atom is 0.424 e. The number of sulfonamides is 1. The van der Waals surface area contributed by atoms with Crippen LogP contribution in [0.4, 0.5) is 13.2 Å². The molecule has 1 aliphatic heterocycles. The van der Waals surface area contributed by atoms with Crippen LogP contribution in [0.15, 0.2) is 42.7 Å². The number of benzene rings is 1. The fourth-order valence-corrected chi connectivity index (χ4v) is 5.49. The second-order valence-corrected chi connectivity index (χ2v) is 10.1. The van der Waals surface area contributed by atoms with Crippen LogP contribution < -0.4 is 5.32 Å². The summed E-state index contributed by atoms with van der Waals surface area (Å²) in [4.78, 5) is 16.1. The molecule has 1 atom stereocenters. The molecule has 0 aliphatic carbocycles. The van der Waals surface area contributed by atoms with E-state index >= 15 is 0 Å². The second kappa shape index (κ2) is 9.82. The van der Waals surface area contributed by atoms with Gasteiger partial charge < -0.3 is 15.0 Å². The Bertz CT molecular complexity index is 1050. The highest BCUT2D eigenvalue weighted by atomic mass is 32.2. The highest BCUT2D eigenvalue weighted by Crippen LogP contribution is 2.40. The lowest BCUT2D eigenvalue weighted by Crippen LogP contribution is -2.48. The molecule has 182 valence electrons. The summed E-state index contributed by atoms with van der Waals surface area (Å²) in [5, 5.41) is 12.8. The van der Waals surface area contributed by atoms with Gasteiger partial charge in [0.1, 0.15) is 5.82 Å². The summed E-state index contributed by atoms with van der Waals surface area (Å²) < 4.78 is 68.4. The van der Waals surface area contributed by atoms with E-state index in [0.717, 1.165) is 10.8 Å². The molecule has 1 amide bonds. The van der Waals surface area contributed by atoms with Gasteiger partial charge in [0.15, 0.2) is 0 Å². The van der Waals surface area contributed by atoms with Crippen molar-refractivity contribution in [2.75, 3.05) is 19.6 Å². The molecule has 12 heteroatoms. The molecule has 1 aromatic carbocycles. The molecule has 1 saturated heterocycles. The van der Waals surface area contributed by atoms with Crippen molar-refractivity contribution in [2.45, 2.75) is 36.8 Å². The Morgan fingerprint density at radius 1 is 1.21 bits per heavy atom. The number of aromatic nitrogens is 2. The summed E-state index contributed by atoms with van der Waals surface area (Å²) >= 11 is 0. The highest BCUT2D eigenvalue weighted by molar-refractivity contribution is 7.88. The van der Waals surface area contributed by atoms with Crippen LogP contribution in [0.1, 0.15) is 30.7 Å². The highest BCUT2D eigenvalue weighted by Gasteiger charge is 2.57. The number of hydrogen-bond acceptors (Lipinski definition) is 5. The van der Waals surface area contributed by atoms with Crippen molar-refractivity contribution in [1.82, 2.24) is 19.2 Å². The second-order valence-electron chi connectivity index (χ2n) is 8.18. The predicted octanol–water partition coefficient (Wildman–Crippen LogP) is 1.92. The SMILES string of the molecule is Cn1ccnc1C(O)(CCNC(=O)C1CCN(S(=O)(=O)Cc2ccccc2)CC1)C(F)(F)F. The van der Waals surface area contributed by atoms with Crippen molar-refractivity contribution in [2.24, 2.45) is 13.0 Å². The number of nitrogens with zero attached hydrogens (tertiary/aromatic N) is 3. The van der Waals surface area contributed by atoms with Crippen LogP contribution in [0.3, 0.4) is 0 Å². The number of aliphatic hydroxyl groups is 1. The van der Waals surface area contributed by atoms with E-state index in [-0.39, 0.29) is 31.7 Å². The van der Waals surface area contributed by atoms with E-state index in [2.05, 4.69) is 10.3 Å². The predicted molar refractivity (Wildman–Crippen MR) is 114 cm³/mol. The molecule has 3 rings (SSSR count). The summed E-state index contributed by atoms with van der Waals surface area (Å²) in [5.41, 5.74) is -2.53. The van der Waals surface area contributed by atoms with Gasteiger partial charge in [-0.1, -0.05) is 30.3 Å². The number of piperidine rings is 1. The lowest BCUT2D eigenvalue weighted by molar-refractivity contribution is -0.272. The molecule has 0 saturated carbocycles. The fraction of sp³-hybridized carbons (Fsp3) is 0.524. The molecule has 0 spiro atoms. The van der Waals surface area contributed by atoms with Crippen molar-refractivity contribution >= 4 is 15.9 Å². The van der Waals surface area contributed by atoms with Crippen LogP contribution in [-0.2, 0) is 33.2 Å². The third-order valence-corrected chi connectivity index (χ3v) is 7.71. The van der Waals surface area contributed by atoms with E-state index < -0.39 is 52.4 Å². The third-order valence-electron chi connectivity index (χ3n) is 5.86. The number of carbonyl (C=O) groups excluding carboxylic acids is 1. The van der Waals surface area contributed by atoms with Crippen LogP contribution in [0.5, 0.6) is 0 Å². The number of rotatable bonds is 8. The molecule has 2 N–H and O–H groups in total. The van der Waals surface area contributed by atoms with Crippen LogP contribution in [0.2, 0.25) is 0 Å². The zero-order valence-electron chi connectivity index (χ0n) is 18.1. The Balaban J connectivity index is 1.52. The van der Waals surface area contributed by atoms with Crippen molar-refractivity contribution in [3.8, 4) is 0 Å². The van der Waals surface area contributed by atoms with E-state index in [1.807, 2.05) is 0 Å². The minimum atomic E-state index is -4.98. The lowest BCUT2D eigenvalue weighted by Gasteiger charge is -2.32. The Labute approximate surface area is 190 Å². The molecule has 1 aliphatic rings. The Morgan fingerprint density at radius 3 is 2.39 bits per heavy atom. The number of amides is 1. The van der Waals surface area contributed by atoms with Gasteiger partial charge in [-0.2, -0.15) is 13.2 Å². The molecule has 33 heavy (non-hydrogen) atoms. The van der Waals surface area contributed by atoms with Crippen molar-refractivity contribution < 1.29 is 31.5 Å². The largest absolute Gasteiger partial charge is 0.424 e. The van der Waals surface area contributed by atoms with E-state index in [4.69, 9.17) is 0 Å². The van der Waals surface area contributed by atoms with Gasteiger partial charge in [-0.05, 0) is 18.4 Å². The average Bonchev–Trinajstić information content (AvgIpc) is 3.19. The quantitative estimate of drug-likeness (QED) is 0.591. The Morgan fingerprint density at radius 2 is 1.85 bits per heavy atom. The van der Waals surface area contributed by atoms with Gasteiger partial charge in [0.2, 0.25) is 21.5 Å². The fourth-order valence-electron chi connectivity index (χ4n) is 3.93. The normalized spacial score (nSPS) is 18.1. The maximum atomic E-state index is 13.6. The Kier molecular flexibility index (Phi) is 7.49. The number of imidazole rings is 1. The van der Waals surface area contributed by atoms with Crippen molar-refractivity contribution in [1.29, 1.82) is 0 Å². The zero-order valence-corrected chi connectivity index (χ0v) is 18.9. The number of carbonyl (C=O) groups is 1. The first kappa shape index (κ1) is 25.2. The van der Waals surface area contributed by atoms with E-state index in [0.29, 0.717) is 5.56 Å². The zero-order chi connectivity index (χ0) is 24.3. The number of hydrogen-bond donors (Lipinski definition) is 2. The first-order valence-electron chi connectivity index (χ1n) is 10.5. The summed E-state index contributed by atoms with van der Waals surface area (Å²) in [6.45, 7) is -0.0890. The van der Waals surface area contributed by atoms with Gasteiger partial charge >= 0.3 is 6.18 Å². The van der Waals surface area contributed by atoms with E-state index in [9.17, 15) is 31.5 Å². The third kappa shape index (κ3) is 5.74. The monoisotopic (exact) mass is 488 g/mol. The smallest absolute Gasteiger partial charge is 0.374 e. The lowest BCUT2D eigenvalue weighted by atomic mass is 9.95. The van der Waals surface area contributed by atoms with Crippen molar-refractivity contribution in [3.63, 3.8) is 0 Å². The van der Waals surface area contributed by atoms with Gasteiger partial charge in [0.05, 0.1) is 5.75 Å². The van der Waals surface area contributed by atoms with Gasteiger partial charge in [0, 0.05) is 51.4 Å². The maximum absolute atomic E-state index is 13.6. The molecule has 0 bridgehead atoms. The summed E-state index contributed by atoms with van der Waals surface area (Å²) in [5.74, 6) is -1.66. The van der Waals surface area contributed by atoms with Gasteiger partial charge in [-0.25, -0.2) is 17.7 Å². The summed E-state index contributed by atoms with van der Waals surface area (Å²) in [6, 6.07) is 8.77. The van der Waals surface area contributed by atoms with Gasteiger partial charge in [-0.15, -0.1) is 0 Å². The first-order valence-corrected chi connectivity index (χ1v) is 12.1. The molecular formula is C21H27F3N4O4S. The summed E-state index contributed by atoms with van der Waals surface area (Å²) in [6.07, 6.45) is -2.79. The number of alkyl halides is 3.